The lowest BCUT2D eigenvalue weighted by Crippen LogP contribution is -2.51. The number of fused-ring (bicyclic) bond motifs is 2. The van der Waals surface area contributed by atoms with Crippen molar-refractivity contribution in [1.29, 1.82) is 0 Å². The summed E-state index contributed by atoms with van der Waals surface area (Å²) in [4.78, 5) is 31.6. The maximum atomic E-state index is 14.2. The number of amides is 2. The molecule has 36 heavy (non-hydrogen) atoms. The van der Waals surface area contributed by atoms with Gasteiger partial charge in [0.2, 0.25) is 0 Å². The van der Waals surface area contributed by atoms with Crippen LogP contribution in [-0.4, -0.2) is 73.0 Å². The van der Waals surface area contributed by atoms with Crippen LogP contribution in [0.3, 0.4) is 0 Å². The Morgan fingerprint density at radius 2 is 1.89 bits per heavy atom. The number of hydrogen-bond acceptors (Lipinski definition) is 5. The second kappa shape index (κ2) is 10.2. The Morgan fingerprint density at radius 1 is 1.14 bits per heavy atom. The Morgan fingerprint density at radius 3 is 2.53 bits per heavy atom. The normalized spacial score (nSPS) is 26.6. The van der Waals surface area contributed by atoms with Gasteiger partial charge in [0.1, 0.15) is 11.9 Å². The molecule has 3 unspecified atom stereocenters. The minimum absolute atomic E-state index is 0.106. The molecule has 1 aromatic rings. The molecular formula is C28H40FN3O4. The fourth-order valence-corrected chi connectivity index (χ4v) is 6.87. The van der Waals surface area contributed by atoms with Crippen LogP contribution in [0, 0.1) is 5.82 Å². The molecule has 3 heterocycles. The van der Waals surface area contributed by atoms with Crippen molar-refractivity contribution in [3.8, 4) is 0 Å². The van der Waals surface area contributed by atoms with Gasteiger partial charge in [-0.3, -0.25) is 4.90 Å². The van der Waals surface area contributed by atoms with E-state index in [1.54, 1.807) is 17.0 Å². The number of methoxy groups -OCH3 is 1. The predicted octanol–water partition coefficient (Wildman–Crippen LogP) is 5.46. The number of halogens is 1. The number of rotatable bonds is 5. The SMILES string of the molecule is CCC(CC1CCC(C)N1C(=O)OC1CCC1)N1CCC2(CC1)CN(C(=O)OC)c1ccc(F)cc12. The minimum Gasteiger partial charge on any atom is -0.452 e. The zero-order valence-corrected chi connectivity index (χ0v) is 21.9. The van der Waals surface area contributed by atoms with Crippen molar-refractivity contribution in [1.82, 2.24) is 9.80 Å². The molecule has 0 bridgehead atoms. The van der Waals surface area contributed by atoms with Gasteiger partial charge in [-0.1, -0.05) is 6.92 Å². The summed E-state index contributed by atoms with van der Waals surface area (Å²) in [6.07, 6.45) is 8.46. The van der Waals surface area contributed by atoms with Crippen LogP contribution >= 0.6 is 0 Å². The molecule has 7 nitrogen and oxygen atoms in total. The van der Waals surface area contributed by atoms with Crippen molar-refractivity contribution < 1.29 is 23.5 Å². The van der Waals surface area contributed by atoms with Crippen LogP contribution < -0.4 is 4.90 Å². The summed E-state index contributed by atoms with van der Waals surface area (Å²) in [6.45, 7) is 6.67. The van der Waals surface area contributed by atoms with Crippen LogP contribution in [0.1, 0.15) is 77.2 Å². The van der Waals surface area contributed by atoms with Gasteiger partial charge in [0.05, 0.1) is 12.8 Å². The van der Waals surface area contributed by atoms with Crippen molar-refractivity contribution in [2.24, 2.45) is 0 Å². The third kappa shape index (κ3) is 4.57. The summed E-state index contributed by atoms with van der Waals surface area (Å²) in [6, 6.07) is 5.54. The first-order chi connectivity index (χ1) is 17.3. The lowest BCUT2D eigenvalue weighted by atomic mass is 9.74. The van der Waals surface area contributed by atoms with Gasteiger partial charge in [-0.15, -0.1) is 0 Å². The molecule has 198 valence electrons. The number of carbonyl (C=O) groups excluding carboxylic acids is 2. The second-order valence-corrected chi connectivity index (χ2v) is 11.3. The van der Waals surface area contributed by atoms with E-state index in [1.807, 2.05) is 4.90 Å². The summed E-state index contributed by atoms with van der Waals surface area (Å²) in [5.41, 5.74) is 1.44. The molecule has 2 saturated heterocycles. The third-order valence-electron chi connectivity index (χ3n) is 9.28. The minimum atomic E-state index is -0.391. The first-order valence-corrected chi connectivity index (χ1v) is 13.7. The molecule has 1 aromatic carbocycles. The lowest BCUT2D eigenvalue weighted by molar-refractivity contribution is 0.0136. The van der Waals surface area contributed by atoms with Crippen molar-refractivity contribution in [3.05, 3.63) is 29.6 Å². The molecule has 0 N–H and O–H groups in total. The highest BCUT2D eigenvalue weighted by Gasteiger charge is 2.48. The molecule has 5 rings (SSSR count). The Labute approximate surface area is 213 Å². The van der Waals surface area contributed by atoms with E-state index in [9.17, 15) is 14.0 Å². The fraction of sp³-hybridized carbons (Fsp3) is 0.714. The number of likely N-dealkylation sites (tertiary alicyclic amines) is 2. The fourth-order valence-electron chi connectivity index (χ4n) is 6.87. The van der Waals surface area contributed by atoms with Gasteiger partial charge in [0.15, 0.2) is 0 Å². The van der Waals surface area contributed by atoms with Crippen molar-refractivity contribution in [3.63, 3.8) is 0 Å². The van der Waals surface area contributed by atoms with E-state index in [0.717, 1.165) is 82.1 Å². The van der Waals surface area contributed by atoms with Crippen LogP contribution in [0.4, 0.5) is 19.7 Å². The topological polar surface area (TPSA) is 62.3 Å². The van der Waals surface area contributed by atoms with E-state index in [2.05, 4.69) is 18.7 Å². The molecule has 2 amide bonds. The highest BCUT2D eigenvalue weighted by Crippen LogP contribution is 2.48. The lowest BCUT2D eigenvalue weighted by Gasteiger charge is -2.44. The van der Waals surface area contributed by atoms with Crippen LogP contribution in [-0.2, 0) is 14.9 Å². The Balaban J connectivity index is 1.25. The summed E-state index contributed by atoms with van der Waals surface area (Å²) in [5, 5.41) is 0. The molecule has 1 spiro atoms. The van der Waals surface area contributed by atoms with Crippen LogP contribution in [0.15, 0.2) is 18.2 Å². The quantitative estimate of drug-likeness (QED) is 0.536. The van der Waals surface area contributed by atoms with E-state index in [1.165, 1.54) is 13.2 Å². The first kappa shape index (κ1) is 25.3. The maximum Gasteiger partial charge on any atom is 0.414 e. The molecule has 1 saturated carbocycles. The van der Waals surface area contributed by atoms with Gasteiger partial charge in [0, 0.05) is 30.1 Å². The zero-order valence-electron chi connectivity index (χ0n) is 21.9. The van der Waals surface area contributed by atoms with Crippen LogP contribution in [0.2, 0.25) is 0 Å². The Bertz CT molecular complexity index is 976. The van der Waals surface area contributed by atoms with Gasteiger partial charge < -0.3 is 19.3 Å². The molecule has 3 atom stereocenters. The molecule has 0 aromatic heterocycles. The zero-order chi connectivity index (χ0) is 25.4. The molecule has 1 aliphatic carbocycles. The molecule has 3 aliphatic heterocycles. The first-order valence-electron chi connectivity index (χ1n) is 13.7. The molecule has 4 aliphatic rings. The van der Waals surface area contributed by atoms with Crippen molar-refractivity contribution in [2.75, 3.05) is 31.6 Å². The van der Waals surface area contributed by atoms with Crippen LogP contribution in [0.5, 0.6) is 0 Å². The van der Waals surface area contributed by atoms with E-state index >= 15 is 0 Å². The van der Waals surface area contributed by atoms with Gasteiger partial charge in [0.25, 0.3) is 0 Å². The van der Waals surface area contributed by atoms with E-state index in [-0.39, 0.29) is 35.5 Å². The number of piperidine rings is 1. The Hall–Kier alpha value is -2.35. The average molecular weight is 502 g/mol. The summed E-state index contributed by atoms with van der Waals surface area (Å²) < 4.78 is 25.0. The third-order valence-corrected chi connectivity index (χ3v) is 9.28. The van der Waals surface area contributed by atoms with Crippen molar-refractivity contribution in [2.45, 2.75) is 101 Å². The number of benzene rings is 1. The van der Waals surface area contributed by atoms with Crippen molar-refractivity contribution >= 4 is 17.9 Å². The molecule has 3 fully saturated rings. The van der Waals surface area contributed by atoms with E-state index < -0.39 is 6.09 Å². The monoisotopic (exact) mass is 501 g/mol. The number of carbonyl (C=O) groups is 2. The smallest absolute Gasteiger partial charge is 0.414 e. The van der Waals surface area contributed by atoms with E-state index in [4.69, 9.17) is 9.47 Å². The van der Waals surface area contributed by atoms with Crippen LogP contribution in [0.25, 0.3) is 0 Å². The predicted molar refractivity (Wildman–Crippen MR) is 136 cm³/mol. The standard InChI is InChI=1S/C28H40FN3O4/c1-4-21(17-22-10-8-19(2)32(22)27(34)36-23-6-5-7-23)30-14-12-28(13-15-30)18-31(26(33)35-3)25-11-9-20(29)16-24(25)28/h9,11,16,19,21-23H,4-8,10,12-15,17-18H2,1-3H3. The molecule has 8 heteroatoms. The number of nitrogens with zero attached hydrogens (tertiary/aromatic N) is 3. The highest BCUT2D eigenvalue weighted by atomic mass is 19.1. The number of hydrogen-bond donors (Lipinski definition) is 0. The highest BCUT2D eigenvalue weighted by molar-refractivity contribution is 5.91. The second-order valence-electron chi connectivity index (χ2n) is 11.3. The number of ether oxygens (including phenoxy) is 2. The average Bonchev–Trinajstić information content (AvgIpc) is 3.37. The van der Waals surface area contributed by atoms with Gasteiger partial charge in [-0.05, 0) is 102 Å². The summed E-state index contributed by atoms with van der Waals surface area (Å²) >= 11 is 0. The van der Waals surface area contributed by atoms with Gasteiger partial charge in [-0.25, -0.2) is 14.0 Å². The number of anilines is 1. The molecule has 0 radical (unpaired) electrons. The maximum absolute atomic E-state index is 14.2. The van der Waals surface area contributed by atoms with Gasteiger partial charge in [-0.2, -0.15) is 0 Å². The van der Waals surface area contributed by atoms with Gasteiger partial charge >= 0.3 is 12.2 Å². The summed E-state index contributed by atoms with van der Waals surface area (Å²) in [5.74, 6) is -0.266. The van der Waals surface area contributed by atoms with E-state index in [0.29, 0.717) is 12.6 Å². The largest absolute Gasteiger partial charge is 0.452 e. The summed E-state index contributed by atoms with van der Waals surface area (Å²) in [7, 11) is 1.39. The molecular weight excluding hydrogens is 461 g/mol. The Kier molecular flexibility index (Phi) is 7.16.